The number of unbranched alkanes of at least 4 members (excludes halogenated alkanes) is 6. The highest BCUT2D eigenvalue weighted by molar-refractivity contribution is 5.50. The van der Waals surface area contributed by atoms with E-state index in [1.54, 1.807) is 0 Å². The van der Waals surface area contributed by atoms with Gasteiger partial charge in [-0.25, -0.2) is 0 Å². The highest BCUT2D eigenvalue weighted by Gasteiger charge is 1.89. The lowest BCUT2D eigenvalue weighted by Crippen LogP contribution is -1.80. The Kier molecular flexibility index (Phi) is 15.9. The predicted octanol–water partition coefficient (Wildman–Crippen LogP) is 5.69. The summed E-state index contributed by atoms with van der Waals surface area (Å²) in [4.78, 5) is 10.00. The summed E-state index contributed by atoms with van der Waals surface area (Å²) < 4.78 is 0. The maximum absolute atomic E-state index is 10.00. The number of hydrogen-bond acceptors (Lipinski definition) is 1. The molecule has 0 saturated carbocycles. The molecule has 107 valence electrons. The van der Waals surface area contributed by atoms with Crippen LogP contribution in [0.3, 0.4) is 0 Å². The molecule has 1 heteroatoms. The first-order chi connectivity index (χ1) is 9.41. The van der Waals surface area contributed by atoms with Gasteiger partial charge in [0.25, 0.3) is 0 Å². The number of carbonyl (C=O) groups excluding carboxylic acids is 1. The van der Waals surface area contributed by atoms with Crippen LogP contribution >= 0.6 is 0 Å². The SMILES string of the molecule is CCC=CCC=CC/C=C\CCCCCCC[C]=O. The van der Waals surface area contributed by atoms with Gasteiger partial charge >= 0.3 is 0 Å². The average Bonchev–Trinajstić information content (AvgIpc) is 2.43. The second-order valence-corrected chi connectivity index (χ2v) is 4.74. The zero-order valence-electron chi connectivity index (χ0n) is 12.4. The van der Waals surface area contributed by atoms with Gasteiger partial charge in [0.15, 0.2) is 6.29 Å². The van der Waals surface area contributed by atoms with Crippen molar-refractivity contribution in [2.24, 2.45) is 0 Å². The van der Waals surface area contributed by atoms with E-state index >= 15 is 0 Å². The van der Waals surface area contributed by atoms with E-state index in [0.717, 1.165) is 25.7 Å². The van der Waals surface area contributed by atoms with E-state index in [4.69, 9.17) is 0 Å². The lowest BCUT2D eigenvalue weighted by atomic mass is 10.1. The maximum Gasteiger partial charge on any atom is 0.198 e. The standard InChI is InChI=1S/C18H29O/c1-2-3-4-5-6-7-8-9-10-11-12-13-14-15-16-17-18-19/h3-4,6-7,9-10H,2,5,8,11-17H2,1H3/b4-3?,7-6?,10-9-. The van der Waals surface area contributed by atoms with Gasteiger partial charge in [-0.05, 0) is 38.5 Å². The Bertz CT molecular complexity index is 261. The molecule has 1 radical (unpaired) electrons. The van der Waals surface area contributed by atoms with Crippen LogP contribution in [-0.4, -0.2) is 6.29 Å². The average molecular weight is 261 g/mol. The predicted molar refractivity (Wildman–Crippen MR) is 85.0 cm³/mol. The van der Waals surface area contributed by atoms with E-state index in [0.29, 0.717) is 6.42 Å². The van der Waals surface area contributed by atoms with Crippen molar-refractivity contribution in [2.75, 3.05) is 0 Å². The minimum atomic E-state index is 0.611. The van der Waals surface area contributed by atoms with E-state index in [9.17, 15) is 4.79 Å². The molecule has 0 N–H and O–H groups in total. The van der Waals surface area contributed by atoms with Crippen molar-refractivity contribution in [1.29, 1.82) is 0 Å². The fourth-order valence-electron chi connectivity index (χ4n) is 1.82. The summed E-state index contributed by atoms with van der Waals surface area (Å²) >= 11 is 0. The van der Waals surface area contributed by atoms with Crippen molar-refractivity contribution in [3.8, 4) is 0 Å². The van der Waals surface area contributed by atoms with Crippen molar-refractivity contribution in [1.82, 2.24) is 0 Å². The second-order valence-electron chi connectivity index (χ2n) is 4.74. The van der Waals surface area contributed by atoms with Gasteiger partial charge in [-0.2, -0.15) is 0 Å². The molecule has 0 fully saturated rings. The second kappa shape index (κ2) is 16.9. The quantitative estimate of drug-likeness (QED) is 0.307. The molecule has 0 atom stereocenters. The normalized spacial score (nSPS) is 12.1. The third-order valence-electron chi connectivity index (χ3n) is 2.93. The van der Waals surface area contributed by atoms with Crippen LogP contribution in [0.4, 0.5) is 0 Å². The van der Waals surface area contributed by atoms with Crippen LogP contribution in [-0.2, 0) is 4.79 Å². The zero-order chi connectivity index (χ0) is 14.0. The van der Waals surface area contributed by atoms with Crippen LogP contribution in [0, 0.1) is 0 Å². The van der Waals surface area contributed by atoms with Crippen LogP contribution in [0.15, 0.2) is 36.5 Å². The van der Waals surface area contributed by atoms with Crippen molar-refractivity contribution in [3.63, 3.8) is 0 Å². The fourth-order valence-corrected chi connectivity index (χ4v) is 1.82. The molecule has 0 unspecified atom stereocenters. The Morgan fingerprint density at radius 2 is 1.32 bits per heavy atom. The van der Waals surface area contributed by atoms with E-state index in [-0.39, 0.29) is 0 Å². The molecule has 0 aliphatic rings. The van der Waals surface area contributed by atoms with E-state index in [2.05, 4.69) is 43.4 Å². The Morgan fingerprint density at radius 1 is 0.737 bits per heavy atom. The van der Waals surface area contributed by atoms with Gasteiger partial charge < -0.3 is 0 Å². The Balaban J connectivity index is 3.21. The van der Waals surface area contributed by atoms with E-state index < -0.39 is 0 Å². The number of rotatable bonds is 13. The Morgan fingerprint density at radius 3 is 2.00 bits per heavy atom. The molecule has 0 aliphatic heterocycles. The van der Waals surface area contributed by atoms with Crippen LogP contribution in [0.25, 0.3) is 0 Å². The summed E-state index contributed by atoms with van der Waals surface area (Å²) in [7, 11) is 0. The molecule has 0 aromatic carbocycles. The molecular weight excluding hydrogens is 232 g/mol. The molecule has 0 aromatic heterocycles. The van der Waals surface area contributed by atoms with Gasteiger partial charge in [0.05, 0.1) is 0 Å². The largest absolute Gasteiger partial charge is 0.291 e. The molecule has 0 amide bonds. The summed E-state index contributed by atoms with van der Waals surface area (Å²) in [6, 6.07) is 0. The molecule has 19 heavy (non-hydrogen) atoms. The minimum Gasteiger partial charge on any atom is -0.291 e. The van der Waals surface area contributed by atoms with Crippen molar-refractivity contribution >= 4 is 6.29 Å². The fraction of sp³-hybridized carbons (Fsp3) is 0.611. The topological polar surface area (TPSA) is 17.1 Å². The highest BCUT2D eigenvalue weighted by Crippen LogP contribution is 2.07. The smallest absolute Gasteiger partial charge is 0.198 e. The molecule has 1 nitrogen and oxygen atoms in total. The summed E-state index contributed by atoms with van der Waals surface area (Å²) in [6.07, 6.45) is 26.3. The molecule has 0 spiro atoms. The van der Waals surface area contributed by atoms with E-state index in [1.165, 1.54) is 32.1 Å². The lowest BCUT2D eigenvalue weighted by Gasteiger charge is -1.96. The van der Waals surface area contributed by atoms with Crippen LogP contribution in [0.1, 0.15) is 71.1 Å². The third-order valence-corrected chi connectivity index (χ3v) is 2.93. The van der Waals surface area contributed by atoms with Gasteiger partial charge in [-0.3, -0.25) is 4.79 Å². The van der Waals surface area contributed by atoms with Crippen LogP contribution in [0.5, 0.6) is 0 Å². The summed E-state index contributed by atoms with van der Waals surface area (Å²) in [6.45, 7) is 2.16. The van der Waals surface area contributed by atoms with E-state index in [1.807, 2.05) is 6.29 Å². The summed E-state index contributed by atoms with van der Waals surface area (Å²) in [5, 5.41) is 0. The molecule has 0 rings (SSSR count). The van der Waals surface area contributed by atoms with Gasteiger partial charge in [0, 0.05) is 6.42 Å². The first-order valence-electron chi connectivity index (χ1n) is 7.71. The maximum atomic E-state index is 10.00. The van der Waals surface area contributed by atoms with Crippen molar-refractivity contribution in [2.45, 2.75) is 71.1 Å². The molecule has 0 heterocycles. The van der Waals surface area contributed by atoms with Crippen LogP contribution in [0.2, 0.25) is 0 Å². The summed E-state index contributed by atoms with van der Waals surface area (Å²) in [5.41, 5.74) is 0. The number of hydrogen-bond donors (Lipinski definition) is 0. The van der Waals surface area contributed by atoms with Gasteiger partial charge in [0.2, 0.25) is 0 Å². The first kappa shape index (κ1) is 17.9. The van der Waals surface area contributed by atoms with Gasteiger partial charge in [-0.1, -0.05) is 62.6 Å². The minimum absolute atomic E-state index is 0.611. The molecular formula is C18H29O. The molecule has 0 aromatic rings. The Hall–Kier alpha value is -1.11. The molecule has 0 bridgehead atoms. The zero-order valence-corrected chi connectivity index (χ0v) is 12.4. The monoisotopic (exact) mass is 261 g/mol. The van der Waals surface area contributed by atoms with Crippen molar-refractivity contribution in [3.05, 3.63) is 36.5 Å². The van der Waals surface area contributed by atoms with Gasteiger partial charge in [-0.15, -0.1) is 0 Å². The third kappa shape index (κ3) is 16.9. The van der Waals surface area contributed by atoms with Gasteiger partial charge in [0.1, 0.15) is 0 Å². The Labute approximate surface area is 119 Å². The molecule has 0 saturated heterocycles. The van der Waals surface area contributed by atoms with Crippen molar-refractivity contribution < 1.29 is 4.79 Å². The summed E-state index contributed by atoms with van der Waals surface area (Å²) in [5.74, 6) is 0. The molecule has 0 aliphatic carbocycles. The first-order valence-corrected chi connectivity index (χ1v) is 7.71. The van der Waals surface area contributed by atoms with Crippen LogP contribution < -0.4 is 0 Å². The number of allylic oxidation sites excluding steroid dienone is 6. The highest BCUT2D eigenvalue weighted by atomic mass is 16.1. The lowest BCUT2D eigenvalue weighted by molar-refractivity contribution is 0.542.